The minimum absolute atomic E-state index is 0.00590. The predicted octanol–water partition coefficient (Wildman–Crippen LogP) is 3.77. The molecule has 3 rings (SSSR count). The highest BCUT2D eigenvalue weighted by Crippen LogP contribution is 2.28. The van der Waals surface area contributed by atoms with E-state index < -0.39 is 4.92 Å². The van der Waals surface area contributed by atoms with Crippen molar-refractivity contribution in [3.05, 3.63) is 75.6 Å². The third-order valence-corrected chi connectivity index (χ3v) is 5.51. The Hall–Kier alpha value is -3.26. The van der Waals surface area contributed by atoms with Gasteiger partial charge in [0.15, 0.2) is 0 Å². The van der Waals surface area contributed by atoms with Gasteiger partial charge in [0.2, 0.25) is 5.91 Å². The van der Waals surface area contributed by atoms with Crippen molar-refractivity contribution in [2.45, 2.75) is 19.9 Å². The second kappa shape index (κ2) is 10.2. The minimum Gasteiger partial charge on any atom is -0.369 e. The Bertz CT molecular complexity index is 954. The summed E-state index contributed by atoms with van der Waals surface area (Å²) in [5.41, 5.74) is 2.34. The lowest BCUT2D eigenvalue weighted by molar-refractivity contribution is -0.384. The lowest BCUT2D eigenvalue weighted by Crippen LogP contribution is -2.46. The molecule has 0 aliphatic carbocycles. The Morgan fingerprint density at radius 3 is 2.48 bits per heavy atom. The number of likely N-dealkylation sites (N-methyl/N-ethyl adjacent to an activating group) is 1. The molecule has 31 heavy (non-hydrogen) atoms. The maximum Gasteiger partial charge on any atom is 0.269 e. The summed E-state index contributed by atoms with van der Waals surface area (Å²) in [5, 5.41) is 13.6. The van der Waals surface area contributed by atoms with Crippen LogP contribution in [-0.2, 0) is 4.79 Å². The quantitative estimate of drug-likeness (QED) is 0.414. The Kier molecular flexibility index (Phi) is 7.36. The third kappa shape index (κ3) is 5.88. The van der Waals surface area contributed by atoms with Gasteiger partial charge in [-0.1, -0.05) is 6.92 Å². The van der Waals surface area contributed by atoms with Crippen molar-refractivity contribution in [2.24, 2.45) is 0 Å². The number of hydrogen-bond acceptors (Lipinski definition) is 5. The second-order valence-corrected chi connectivity index (χ2v) is 7.54. The number of carbonyl (C=O) groups excluding carboxylic acids is 1. The van der Waals surface area contributed by atoms with Crippen molar-refractivity contribution < 1.29 is 14.1 Å². The Morgan fingerprint density at radius 2 is 1.87 bits per heavy atom. The molecule has 0 aromatic heterocycles. The number of benzene rings is 2. The van der Waals surface area contributed by atoms with Crippen LogP contribution in [0.25, 0.3) is 6.08 Å². The average Bonchev–Trinajstić information content (AvgIpc) is 2.78. The number of anilines is 1. The van der Waals surface area contributed by atoms with Crippen molar-refractivity contribution in [3.63, 3.8) is 0 Å². The van der Waals surface area contributed by atoms with E-state index in [0.29, 0.717) is 5.56 Å². The van der Waals surface area contributed by atoms with Crippen LogP contribution in [0, 0.1) is 15.9 Å². The SMILES string of the molecule is CCN1CCN(c2ccc(F)cc2C(C)NC(=O)C=Cc2ccc([N+](=O)[O-])cc2)CC1. The normalized spacial score (nSPS) is 15.8. The molecule has 0 bridgehead atoms. The minimum atomic E-state index is -0.472. The zero-order chi connectivity index (χ0) is 22.4. The van der Waals surface area contributed by atoms with E-state index in [1.807, 2.05) is 6.92 Å². The number of piperazine rings is 1. The summed E-state index contributed by atoms with van der Waals surface area (Å²) in [6.45, 7) is 8.59. The summed E-state index contributed by atoms with van der Waals surface area (Å²) in [7, 11) is 0. The van der Waals surface area contributed by atoms with Crippen molar-refractivity contribution in [1.82, 2.24) is 10.2 Å². The Balaban J connectivity index is 1.68. The molecule has 1 heterocycles. The molecule has 1 amide bonds. The molecule has 0 radical (unpaired) electrons. The van der Waals surface area contributed by atoms with Crippen LogP contribution >= 0.6 is 0 Å². The molecule has 164 valence electrons. The highest BCUT2D eigenvalue weighted by Gasteiger charge is 2.21. The maximum absolute atomic E-state index is 14.0. The van der Waals surface area contributed by atoms with Crippen molar-refractivity contribution in [2.75, 3.05) is 37.6 Å². The van der Waals surface area contributed by atoms with Crippen LogP contribution in [0.4, 0.5) is 15.8 Å². The van der Waals surface area contributed by atoms with Gasteiger partial charge in [-0.2, -0.15) is 0 Å². The molecule has 2 aromatic rings. The van der Waals surface area contributed by atoms with Crippen molar-refractivity contribution in [3.8, 4) is 0 Å². The summed E-state index contributed by atoms with van der Waals surface area (Å²) >= 11 is 0. The lowest BCUT2D eigenvalue weighted by Gasteiger charge is -2.37. The fourth-order valence-electron chi connectivity index (χ4n) is 3.68. The highest BCUT2D eigenvalue weighted by atomic mass is 19.1. The van der Waals surface area contributed by atoms with E-state index in [1.54, 1.807) is 24.3 Å². The van der Waals surface area contributed by atoms with Gasteiger partial charge in [0.05, 0.1) is 11.0 Å². The first kappa shape index (κ1) is 22.4. The van der Waals surface area contributed by atoms with E-state index in [-0.39, 0.29) is 23.5 Å². The molecular formula is C23H27FN4O3. The standard InChI is InChI=1S/C23H27FN4O3/c1-3-26-12-14-27(15-13-26)22-10-7-19(24)16-21(22)17(2)25-23(29)11-6-18-4-8-20(9-5-18)28(30)31/h4-11,16-17H,3,12-15H2,1-2H3,(H,25,29). The number of halogens is 1. The summed E-state index contributed by atoms with van der Waals surface area (Å²) in [4.78, 5) is 27.3. The highest BCUT2D eigenvalue weighted by molar-refractivity contribution is 5.92. The zero-order valence-corrected chi connectivity index (χ0v) is 17.8. The number of nitro groups is 1. The van der Waals surface area contributed by atoms with Gasteiger partial charge in [0.25, 0.3) is 5.69 Å². The summed E-state index contributed by atoms with van der Waals surface area (Å²) in [5.74, 6) is -0.662. The third-order valence-electron chi connectivity index (χ3n) is 5.51. The Labute approximate surface area is 181 Å². The number of hydrogen-bond donors (Lipinski definition) is 1. The van der Waals surface area contributed by atoms with E-state index in [1.165, 1.54) is 30.3 Å². The molecule has 0 spiro atoms. The van der Waals surface area contributed by atoms with Crippen LogP contribution in [0.3, 0.4) is 0 Å². The zero-order valence-electron chi connectivity index (χ0n) is 17.8. The predicted molar refractivity (Wildman–Crippen MR) is 119 cm³/mol. The molecule has 7 nitrogen and oxygen atoms in total. The number of nitrogens with one attached hydrogen (secondary N) is 1. The molecule has 1 aliphatic rings. The summed E-state index contributed by atoms with van der Waals surface area (Å²) in [6.07, 6.45) is 2.96. The van der Waals surface area contributed by atoms with E-state index in [2.05, 4.69) is 22.0 Å². The van der Waals surface area contributed by atoms with Crippen molar-refractivity contribution >= 4 is 23.4 Å². The van der Waals surface area contributed by atoms with Gasteiger partial charge in [-0.3, -0.25) is 14.9 Å². The van der Waals surface area contributed by atoms with E-state index in [4.69, 9.17) is 0 Å². The van der Waals surface area contributed by atoms with Gasteiger partial charge in [0.1, 0.15) is 5.82 Å². The van der Waals surface area contributed by atoms with Gasteiger partial charge in [-0.15, -0.1) is 0 Å². The summed E-state index contributed by atoms with van der Waals surface area (Å²) in [6, 6.07) is 10.2. The van der Waals surface area contributed by atoms with Crippen LogP contribution in [0.15, 0.2) is 48.5 Å². The van der Waals surface area contributed by atoms with Gasteiger partial charge in [-0.05, 0) is 55.4 Å². The number of carbonyl (C=O) groups is 1. The maximum atomic E-state index is 14.0. The van der Waals surface area contributed by atoms with Gasteiger partial charge < -0.3 is 15.1 Å². The molecule has 8 heteroatoms. The van der Waals surface area contributed by atoms with Gasteiger partial charge >= 0.3 is 0 Å². The smallest absolute Gasteiger partial charge is 0.269 e. The number of rotatable bonds is 7. The molecule has 1 aliphatic heterocycles. The lowest BCUT2D eigenvalue weighted by atomic mass is 10.0. The molecule has 1 fully saturated rings. The first-order valence-corrected chi connectivity index (χ1v) is 10.4. The second-order valence-electron chi connectivity index (χ2n) is 7.54. The van der Waals surface area contributed by atoms with Crippen LogP contribution in [0.5, 0.6) is 0 Å². The topological polar surface area (TPSA) is 78.7 Å². The van der Waals surface area contributed by atoms with Crippen molar-refractivity contribution in [1.29, 1.82) is 0 Å². The molecule has 1 saturated heterocycles. The number of nitrogens with zero attached hydrogens (tertiary/aromatic N) is 3. The number of amides is 1. The molecule has 1 unspecified atom stereocenters. The Morgan fingerprint density at radius 1 is 1.19 bits per heavy atom. The van der Waals surface area contributed by atoms with E-state index in [0.717, 1.165) is 44.0 Å². The molecule has 1 atom stereocenters. The first-order chi connectivity index (χ1) is 14.9. The number of nitro benzene ring substituents is 1. The van der Waals surface area contributed by atoms with Crippen LogP contribution in [0.2, 0.25) is 0 Å². The monoisotopic (exact) mass is 426 g/mol. The fraction of sp³-hybridized carbons (Fsp3) is 0.348. The van der Waals surface area contributed by atoms with E-state index >= 15 is 0 Å². The molecule has 1 N–H and O–H groups in total. The molecule has 0 saturated carbocycles. The fourth-order valence-corrected chi connectivity index (χ4v) is 3.68. The van der Waals surface area contributed by atoms with Crippen LogP contribution in [0.1, 0.15) is 31.0 Å². The van der Waals surface area contributed by atoms with Gasteiger partial charge in [0, 0.05) is 55.6 Å². The largest absolute Gasteiger partial charge is 0.369 e. The van der Waals surface area contributed by atoms with Gasteiger partial charge in [-0.25, -0.2) is 4.39 Å². The van der Waals surface area contributed by atoms with Crippen LogP contribution < -0.4 is 10.2 Å². The van der Waals surface area contributed by atoms with E-state index in [9.17, 15) is 19.3 Å². The first-order valence-electron chi connectivity index (χ1n) is 10.4. The summed E-state index contributed by atoms with van der Waals surface area (Å²) < 4.78 is 14.0. The number of non-ortho nitro benzene ring substituents is 1. The van der Waals surface area contributed by atoms with Crippen LogP contribution in [-0.4, -0.2) is 48.5 Å². The average molecular weight is 426 g/mol. The molecule has 2 aromatic carbocycles. The molecular weight excluding hydrogens is 399 g/mol.